The van der Waals surface area contributed by atoms with Gasteiger partial charge in [-0.1, -0.05) is 0 Å². The van der Waals surface area contributed by atoms with Crippen LogP contribution in [0.25, 0.3) is 0 Å². The van der Waals surface area contributed by atoms with E-state index < -0.39 is 36.2 Å². The van der Waals surface area contributed by atoms with E-state index in [1.54, 1.807) is 12.4 Å². The maximum Gasteiger partial charge on any atom is 0.414 e. The third kappa shape index (κ3) is 7.11. The fourth-order valence-corrected chi connectivity index (χ4v) is 4.22. The third-order valence-electron chi connectivity index (χ3n) is 6.14. The first-order valence-corrected chi connectivity index (χ1v) is 12.1. The molecule has 3 heterocycles. The zero-order chi connectivity index (χ0) is 27.9. The van der Waals surface area contributed by atoms with E-state index in [1.807, 2.05) is 17.4 Å². The van der Waals surface area contributed by atoms with Crippen LogP contribution in [0.3, 0.4) is 0 Å². The quantitative estimate of drug-likeness (QED) is 0.394. The lowest BCUT2D eigenvalue weighted by Gasteiger charge is -2.25. The number of hydrogen-bond donors (Lipinski definition) is 3. The van der Waals surface area contributed by atoms with Crippen LogP contribution in [0.15, 0.2) is 36.7 Å². The van der Waals surface area contributed by atoms with E-state index in [1.165, 1.54) is 9.91 Å². The smallest absolute Gasteiger partial charge is 0.414 e. The van der Waals surface area contributed by atoms with E-state index in [-0.39, 0.29) is 63.1 Å². The van der Waals surface area contributed by atoms with Gasteiger partial charge >= 0.3 is 12.5 Å². The van der Waals surface area contributed by atoms with Gasteiger partial charge < -0.3 is 20.3 Å². The maximum absolute atomic E-state index is 15.1. The first-order valence-electron chi connectivity index (χ1n) is 12.1. The number of carbonyl (C=O) groups is 3. The second-order valence-electron chi connectivity index (χ2n) is 8.82. The van der Waals surface area contributed by atoms with Gasteiger partial charge in [0.15, 0.2) is 11.6 Å². The molecule has 2 aliphatic heterocycles. The van der Waals surface area contributed by atoms with Gasteiger partial charge in [0, 0.05) is 50.7 Å². The summed E-state index contributed by atoms with van der Waals surface area (Å²) in [7, 11) is 0. The molecule has 2 aromatic rings. The number of cyclic esters (lactones) is 1. The molecule has 0 saturated carbocycles. The number of rotatable bonds is 9. The van der Waals surface area contributed by atoms with Gasteiger partial charge in [0.05, 0.1) is 31.9 Å². The zero-order valence-corrected chi connectivity index (χ0v) is 20.7. The summed E-state index contributed by atoms with van der Waals surface area (Å²) in [5, 5.41) is 6.39. The van der Waals surface area contributed by atoms with Gasteiger partial charge in [-0.25, -0.2) is 19.0 Å². The zero-order valence-electron chi connectivity index (χ0n) is 20.7. The molecule has 4 rings (SSSR count). The molecule has 1 atom stereocenters. The molecule has 0 spiro atoms. The number of hydrazine groups is 1. The largest absolute Gasteiger partial charge is 0.442 e. The van der Waals surface area contributed by atoms with Crippen molar-refractivity contribution in [2.24, 2.45) is 0 Å². The van der Waals surface area contributed by atoms with Crippen molar-refractivity contribution in [3.63, 3.8) is 0 Å². The van der Waals surface area contributed by atoms with Crippen LogP contribution < -0.4 is 25.9 Å². The van der Waals surface area contributed by atoms with Crippen LogP contribution in [0.4, 0.5) is 33.7 Å². The molecule has 0 bridgehead atoms. The number of pyridine rings is 1. The van der Waals surface area contributed by atoms with Gasteiger partial charge in [0.2, 0.25) is 0 Å². The molecule has 2 saturated heterocycles. The van der Waals surface area contributed by atoms with Crippen molar-refractivity contribution in [2.45, 2.75) is 19.1 Å². The Morgan fingerprint density at radius 2 is 1.85 bits per heavy atom. The lowest BCUT2D eigenvalue weighted by molar-refractivity contribution is -0.133. The van der Waals surface area contributed by atoms with Crippen LogP contribution in [0, 0.1) is 11.6 Å². The van der Waals surface area contributed by atoms with Crippen molar-refractivity contribution in [3.8, 4) is 0 Å². The van der Waals surface area contributed by atoms with Gasteiger partial charge in [0.1, 0.15) is 11.8 Å². The molecule has 11 nitrogen and oxygen atoms in total. The molecule has 1 aromatic carbocycles. The van der Waals surface area contributed by atoms with Gasteiger partial charge in [-0.05, 0) is 17.7 Å². The molecular formula is C24H27F4N7O4. The normalized spacial score (nSPS) is 17.8. The molecule has 39 heavy (non-hydrogen) atoms. The summed E-state index contributed by atoms with van der Waals surface area (Å²) in [6.07, 6.45) is -1.80. The fourth-order valence-electron chi connectivity index (χ4n) is 4.22. The number of anilines is 2. The Morgan fingerprint density at radius 1 is 1.13 bits per heavy atom. The van der Waals surface area contributed by atoms with E-state index in [4.69, 9.17) is 4.74 Å². The SMILES string of the molecule is O=C(NCC1CN(c2cc(F)c(N3CCNN(C(=O)CNCc4ccncc4)CC3)c(F)c2)C(=O)O1)C(F)F. The molecule has 0 radical (unpaired) electrons. The third-order valence-corrected chi connectivity index (χ3v) is 6.14. The first-order chi connectivity index (χ1) is 18.7. The fraction of sp³-hybridized carbons (Fsp3) is 0.417. The Hall–Kier alpha value is -3.98. The van der Waals surface area contributed by atoms with E-state index >= 15 is 8.78 Å². The molecule has 0 aliphatic carbocycles. The molecule has 3 amide bonds. The number of nitrogens with one attached hydrogen (secondary N) is 3. The van der Waals surface area contributed by atoms with Crippen molar-refractivity contribution in [1.29, 1.82) is 0 Å². The van der Waals surface area contributed by atoms with Gasteiger partial charge in [-0.2, -0.15) is 8.78 Å². The van der Waals surface area contributed by atoms with Crippen molar-refractivity contribution in [2.75, 3.05) is 55.6 Å². The van der Waals surface area contributed by atoms with Crippen LogP contribution in [-0.4, -0.2) is 86.2 Å². The molecular weight excluding hydrogens is 526 g/mol. The number of benzene rings is 1. The molecule has 2 fully saturated rings. The molecule has 1 unspecified atom stereocenters. The minimum atomic E-state index is -3.22. The maximum atomic E-state index is 15.1. The number of amides is 3. The minimum absolute atomic E-state index is 0.0610. The number of aromatic nitrogens is 1. The Morgan fingerprint density at radius 3 is 2.54 bits per heavy atom. The number of alkyl halides is 2. The average Bonchev–Trinajstić information content (AvgIpc) is 3.11. The predicted octanol–water partition coefficient (Wildman–Crippen LogP) is 1.01. The first kappa shape index (κ1) is 28.0. The van der Waals surface area contributed by atoms with Crippen LogP contribution >= 0.6 is 0 Å². The second-order valence-corrected chi connectivity index (χ2v) is 8.82. The molecule has 3 N–H and O–H groups in total. The van der Waals surface area contributed by atoms with Gasteiger partial charge in [-0.15, -0.1) is 0 Å². The summed E-state index contributed by atoms with van der Waals surface area (Å²) in [6.45, 7) is 0.747. The van der Waals surface area contributed by atoms with E-state index in [0.717, 1.165) is 22.6 Å². The minimum Gasteiger partial charge on any atom is -0.442 e. The Kier molecular flexibility index (Phi) is 9.14. The number of carbonyl (C=O) groups excluding carboxylic acids is 3. The second kappa shape index (κ2) is 12.7. The number of nitrogens with zero attached hydrogens (tertiary/aromatic N) is 4. The van der Waals surface area contributed by atoms with E-state index in [0.29, 0.717) is 6.54 Å². The molecule has 210 valence electrons. The lowest BCUT2D eigenvalue weighted by atomic mass is 10.2. The Labute approximate surface area is 221 Å². The van der Waals surface area contributed by atoms with Crippen molar-refractivity contribution < 1.29 is 36.7 Å². The summed E-state index contributed by atoms with van der Waals surface area (Å²) in [5.41, 5.74) is 3.51. The predicted molar refractivity (Wildman–Crippen MR) is 131 cm³/mol. The van der Waals surface area contributed by atoms with Gasteiger partial charge in [0.25, 0.3) is 11.8 Å². The highest BCUT2D eigenvalue weighted by Crippen LogP contribution is 2.31. The molecule has 2 aliphatic rings. The van der Waals surface area contributed by atoms with Crippen LogP contribution in [0.2, 0.25) is 0 Å². The van der Waals surface area contributed by atoms with Crippen molar-refractivity contribution >= 4 is 29.3 Å². The summed E-state index contributed by atoms with van der Waals surface area (Å²) in [6, 6.07) is 5.61. The standard InChI is InChI=1S/C24H27F4N7O4/c25-18-9-16(34-14-17(39-24(34)38)12-31-23(37)22(27)28)10-19(26)21(18)33-6-5-32-35(8-7-33)20(36)13-30-11-15-1-3-29-4-2-15/h1-4,9-10,17,22,30,32H,5-8,11-14H2,(H,31,37). The molecule has 15 heteroatoms. The average molecular weight is 554 g/mol. The highest BCUT2D eigenvalue weighted by molar-refractivity contribution is 5.90. The number of halogens is 4. The van der Waals surface area contributed by atoms with E-state index in [9.17, 15) is 23.2 Å². The lowest BCUT2D eigenvalue weighted by Crippen LogP contribution is -2.47. The van der Waals surface area contributed by atoms with Crippen molar-refractivity contribution in [1.82, 2.24) is 26.1 Å². The van der Waals surface area contributed by atoms with Crippen LogP contribution in [0.1, 0.15) is 5.56 Å². The summed E-state index contributed by atoms with van der Waals surface area (Å²) >= 11 is 0. The van der Waals surface area contributed by atoms with Gasteiger partial charge in [-0.3, -0.25) is 24.5 Å². The van der Waals surface area contributed by atoms with Crippen LogP contribution in [0.5, 0.6) is 0 Å². The monoisotopic (exact) mass is 553 g/mol. The van der Waals surface area contributed by atoms with Crippen molar-refractivity contribution in [3.05, 3.63) is 53.9 Å². The number of ether oxygens (including phenoxy) is 1. The summed E-state index contributed by atoms with van der Waals surface area (Å²) in [5.74, 6) is -3.59. The van der Waals surface area contributed by atoms with E-state index in [2.05, 4.69) is 15.7 Å². The molecule has 1 aromatic heterocycles. The highest BCUT2D eigenvalue weighted by atomic mass is 19.3. The van der Waals surface area contributed by atoms with Crippen LogP contribution in [-0.2, 0) is 20.9 Å². The number of hydrogen-bond acceptors (Lipinski definition) is 8. The Bertz CT molecular complexity index is 1170. The summed E-state index contributed by atoms with van der Waals surface area (Å²) in [4.78, 5) is 42.2. The highest BCUT2D eigenvalue weighted by Gasteiger charge is 2.34. The summed E-state index contributed by atoms with van der Waals surface area (Å²) < 4.78 is 59.9. The topological polar surface area (TPSA) is 119 Å². The Balaban J connectivity index is 1.33.